The van der Waals surface area contributed by atoms with Crippen LogP contribution in [0.4, 0.5) is 4.39 Å². The number of fused-ring (bicyclic) bond motifs is 1. The molecule has 0 aliphatic rings. The van der Waals surface area contributed by atoms with Gasteiger partial charge in [0.1, 0.15) is 18.2 Å². The monoisotopic (exact) mass is 390 g/mol. The fourth-order valence-corrected chi connectivity index (χ4v) is 2.93. The van der Waals surface area contributed by atoms with Gasteiger partial charge in [-0.15, -0.1) is 0 Å². The van der Waals surface area contributed by atoms with Crippen molar-refractivity contribution in [1.82, 2.24) is 20.3 Å². The van der Waals surface area contributed by atoms with E-state index in [1.165, 1.54) is 18.3 Å². The number of ether oxygens (including phenoxy) is 1. The third-order valence-corrected chi connectivity index (χ3v) is 4.36. The molecule has 4 rings (SSSR count). The molecule has 0 fully saturated rings. The highest BCUT2D eigenvalue weighted by Crippen LogP contribution is 2.18. The fourth-order valence-electron chi connectivity index (χ4n) is 2.93. The van der Waals surface area contributed by atoms with Gasteiger partial charge < -0.3 is 15.0 Å². The zero-order chi connectivity index (χ0) is 20.1. The van der Waals surface area contributed by atoms with Gasteiger partial charge in [-0.3, -0.25) is 9.78 Å². The van der Waals surface area contributed by atoms with E-state index in [2.05, 4.69) is 20.3 Å². The lowest BCUT2D eigenvalue weighted by Gasteiger charge is -2.06. The van der Waals surface area contributed by atoms with Crippen LogP contribution in [0.1, 0.15) is 16.2 Å². The number of amides is 1. The summed E-state index contributed by atoms with van der Waals surface area (Å²) >= 11 is 0. The topological polar surface area (TPSA) is 79.9 Å². The number of imidazole rings is 1. The van der Waals surface area contributed by atoms with Gasteiger partial charge >= 0.3 is 0 Å². The predicted molar refractivity (Wildman–Crippen MR) is 108 cm³/mol. The number of nitrogens with zero attached hydrogens (tertiary/aromatic N) is 2. The van der Waals surface area contributed by atoms with Crippen molar-refractivity contribution >= 4 is 16.9 Å². The Bertz CT molecular complexity index is 1090. The smallest absolute Gasteiger partial charge is 0.252 e. The molecule has 1 amide bonds. The lowest BCUT2D eigenvalue weighted by molar-refractivity contribution is 0.0894. The molecule has 2 heterocycles. The lowest BCUT2D eigenvalue weighted by atomic mass is 10.1. The number of para-hydroxylation sites is 2. The van der Waals surface area contributed by atoms with E-state index >= 15 is 0 Å². The minimum absolute atomic E-state index is 0.240. The number of nitrogens with one attached hydrogen (secondary N) is 2. The Morgan fingerprint density at radius 2 is 2.00 bits per heavy atom. The first-order valence-corrected chi connectivity index (χ1v) is 9.20. The van der Waals surface area contributed by atoms with Gasteiger partial charge in [0, 0.05) is 18.3 Å². The Morgan fingerprint density at radius 1 is 1.10 bits per heavy atom. The second kappa shape index (κ2) is 8.62. The van der Waals surface area contributed by atoms with Crippen molar-refractivity contribution in [2.45, 2.75) is 6.61 Å². The molecule has 2 N–H and O–H groups in total. The number of benzene rings is 2. The number of aromatic nitrogens is 3. The summed E-state index contributed by atoms with van der Waals surface area (Å²) in [5.41, 5.74) is 3.57. The quantitative estimate of drug-likeness (QED) is 0.472. The molecule has 0 radical (unpaired) electrons. The van der Waals surface area contributed by atoms with E-state index in [1.807, 2.05) is 24.3 Å². The fraction of sp³-hybridized carbons (Fsp3) is 0.136. The molecule has 7 heteroatoms. The maximum absolute atomic E-state index is 13.3. The van der Waals surface area contributed by atoms with E-state index < -0.39 is 0 Å². The number of pyridine rings is 1. The molecule has 0 saturated heterocycles. The molecule has 0 bridgehead atoms. The van der Waals surface area contributed by atoms with Crippen molar-refractivity contribution in [1.29, 1.82) is 0 Å². The Morgan fingerprint density at radius 3 is 2.79 bits per heavy atom. The van der Waals surface area contributed by atoms with E-state index in [1.54, 1.807) is 24.3 Å². The minimum atomic E-state index is -0.325. The molecular formula is C22H19FN4O2. The summed E-state index contributed by atoms with van der Waals surface area (Å²) in [6.07, 6.45) is 1.48. The molecular weight excluding hydrogens is 371 g/mol. The maximum atomic E-state index is 13.3. The Hall–Kier alpha value is -3.58. The average molecular weight is 390 g/mol. The Balaban J connectivity index is 1.24. The van der Waals surface area contributed by atoms with Crippen LogP contribution in [0.3, 0.4) is 0 Å². The molecule has 0 spiro atoms. The van der Waals surface area contributed by atoms with E-state index in [9.17, 15) is 9.18 Å². The third-order valence-electron chi connectivity index (χ3n) is 4.36. The molecule has 0 aliphatic carbocycles. The molecule has 2 aromatic carbocycles. The zero-order valence-electron chi connectivity index (χ0n) is 15.6. The van der Waals surface area contributed by atoms with Crippen molar-refractivity contribution in [2.24, 2.45) is 0 Å². The largest absolute Gasteiger partial charge is 0.372 e. The molecule has 0 unspecified atom stereocenters. The van der Waals surface area contributed by atoms with Gasteiger partial charge in [-0.2, -0.15) is 0 Å². The van der Waals surface area contributed by atoms with Crippen LogP contribution in [-0.2, 0) is 11.3 Å². The maximum Gasteiger partial charge on any atom is 0.252 e. The van der Waals surface area contributed by atoms with Crippen LogP contribution in [0.2, 0.25) is 0 Å². The van der Waals surface area contributed by atoms with Gasteiger partial charge in [0.05, 0.1) is 28.9 Å². The van der Waals surface area contributed by atoms with E-state index in [0.29, 0.717) is 36.6 Å². The highest BCUT2D eigenvalue weighted by molar-refractivity contribution is 5.94. The summed E-state index contributed by atoms with van der Waals surface area (Å²) in [6.45, 7) is 1.07. The van der Waals surface area contributed by atoms with Crippen LogP contribution in [0, 0.1) is 5.82 Å². The molecule has 146 valence electrons. The first kappa shape index (κ1) is 18.8. The van der Waals surface area contributed by atoms with Gasteiger partial charge in [0.15, 0.2) is 0 Å². The Labute approximate surface area is 166 Å². The summed E-state index contributed by atoms with van der Waals surface area (Å²) in [4.78, 5) is 24.1. The van der Waals surface area contributed by atoms with Gasteiger partial charge in [-0.25, -0.2) is 9.37 Å². The standard InChI is InChI=1S/C22H19FN4O2/c23-17-5-3-4-15(12-17)18-9-8-16(13-25-18)22(28)24-10-11-29-14-21-26-19-6-1-2-7-20(19)27-21/h1-9,12-13H,10-11,14H2,(H,24,28)(H,26,27). The predicted octanol–water partition coefficient (Wildman–Crippen LogP) is 3.71. The van der Waals surface area contributed by atoms with Gasteiger partial charge in [-0.05, 0) is 36.4 Å². The second-order valence-corrected chi connectivity index (χ2v) is 6.45. The molecule has 2 aromatic heterocycles. The van der Waals surface area contributed by atoms with Crippen molar-refractivity contribution in [2.75, 3.05) is 13.2 Å². The zero-order valence-corrected chi connectivity index (χ0v) is 15.6. The average Bonchev–Trinajstić information content (AvgIpc) is 3.16. The van der Waals surface area contributed by atoms with E-state index in [0.717, 1.165) is 16.9 Å². The highest BCUT2D eigenvalue weighted by Gasteiger charge is 2.07. The minimum Gasteiger partial charge on any atom is -0.372 e. The summed E-state index contributed by atoms with van der Waals surface area (Å²) in [6, 6.07) is 17.3. The number of carbonyl (C=O) groups excluding carboxylic acids is 1. The summed E-state index contributed by atoms with van der Waals surface area (Å²) in [5, 5.41) is 2.79. The number of carbonyl (C=O) groups is 1. The number of rotatable bonds is 7. The van der Waals surface area contributed by atoms with Crippen molar-refractivity contribution in [3.8, 4) is 11.3 Å². The number of hydrogen-bond donors (Lipinski definition) is 2. The molecule has 0 aliphatic heterocycles. The number of hydrogen-bond acceptors (Lipinski definition) is 4. The molecule has 0 atom stereocenters. The first-order chi connectivity index (χ1) is 14.2. The normalized spacial score (nSPS) is 10.9. The van der Waals surface area contributed by atoms with Gasteiger partial charge in [0.2, 0.25) is 0 Å². The third kappa shape index (κ3) is 4.64. The van der Waals surface area contributed by atoms with Crippen LogP contribution in [0.5, 0.6) is 0 Å². The number of halogens is 1. The van der Waals surface area contributed by atoms with E-state index in [4.69, 9.17) is 4.74 Å². The SMILES string of the molecule is O=C(NCCOCc1nc2ccccc2[nH]1)c1ccc(-c2cccc(F)c2)nc1. The molecule has 4 aromatic rings. The lowest BCUT2D eigenvalue weighted by Crippen LogP contribution is -2.27. The highest BCUT2D eigenvalue weighted by atomic mass is 19.1. The van der Waals surface area contributed by atoms with Crippen LogP contribution in [-0.4, -0.2) is 34.0 Å². The van der Waals surface area contributed by atoms with Crippen molar-refractivity contribution < 1.29 is 13.9 Å². The number of H-pyrrole nitrogens is 1. The van der Waals surface area contributed by atoms with Crippen LogP contribution < -0.4 is 5.32 Å². The number of aromatic amines is 1. The molecule has 6 nitrogen and oxygen atoms in total. The summed E-state index contributed by atoms with van der Waals surface area (Å²) in [7, 11) is 0. The Kier molecular flexibility index (Phi) is 5.58. The van der Waals surface area contributed by atoms with Gasteiger partial charge in [0.25, 0.3) is 5.91 Å². The van der Waals surface area contributed by atoms with Crippen molar-refractivity contribution in [3.63, 3.8) is 0 Å². The van der Waals surface area contributed by atoms with E-state index in [-0.39, 0.29) is 11.7 Å². The van der Waals surface area contributed by atoms with Crippen molar-refractivity contribution in [3.05, 3.63) is 84.1 Å². The van der Waals surface area contributed by atoms with Crippen LogP contribution >= 0.6 is 0 Å². The molecule has 29 heavy (non-hydrogen) atoms. The summed E-state index contributed by atoms with van der Waals surface area (Å²) in [5.74, 6) is 0.180. The van der Waals surface area contributed by atoms with Crippen LogP contribution in [0.25, 0.3) is 22.3 Å². The van der Waals surface area contributed by atoms with Crippen LogP contribution in [0.15, 0.2) is 66.9 Å². The van der Waals surface area contributed by atoms with Gasteiger partial charge in [-0.1, -0.05) is 24.3 Å². The first-order valence-electron chi connectivity index (χ1n) is 9.20. The second-order valence-electron chi connectivity index (χ2n) is 6.45. The molecule has 0 saturated carbocycles. The summed E-state index contributed by atoms with van der Waals surface area (Å²) < 4.78 is 18.9.